The van der Waals surface area contributed by atoms with E-state index in [4.69, 9.17) is 5.73 Å². The number of hydrogen-bond acceptors (Lipinski definition) is 5. The summed E-state index contributed by atoms with van der Waals surface area (Å²) in [6.45, 7) is 5.50. The quantitative estimate of drug-likeness (QED) is 0.192. The lowest BCUT2D eigenvalue weighted by molar-refractivity contribution is -0.146. The Morgan fingerprint density at radius 3 is 2.28 bits per heavy atom. The molecule has 4 amide bonds. The maximum atomic E-state index is 14.4. The molecule has 2 atom stereocenters. The van der Waals surface area contributed by atoms with E-state index in [-0.39, 0.29) is 30.0 Å². The highest BCUT2D eigenvalue weighted by Gasteiger charge is 2.35. The summed E-state index contributed by atoms with van der Waals surface area (Å²) in [7, 11) is 3.26. The van der Waals surface area contributed by atoms with Gasteiger partial charge in [0.2, 0.25) is 23.6 Å². The summed E-state index contributed by atoms with van der Waals surface area (Å²) < 4.78 is 0. The number of likely N-dealkylation sites (tertiary alicyclic amines) is 1. The Morgan fingerprint density at radius 1 is 0.915 bits per heavy atom. The molecule has 0 spiro atoms. The Hall–Kier alpha value is -4.50. The van der Waals surface area contributed by atoms with Crippen LogP contribution in [0.4, 0.5) is 0 Å². The summed E-state index contributed by atoms with van der Waals surface area (Å²) in [6.07, 6.45) is 6.37. The van der Waals surface area contributed by atoms with Gasteiger partial charge in [0.25, 0.3) is 0 Å². The molecule has 3 aromatic carbocycles. The average molecular weight is 640 g/mol. The zero-order chi connectivity index (χ0) is 34.0. The molecule has 0 saturated carbocycles. The first-order valence-corrected chi connectivity index (χ1v) is 16.5. The van der Waals surface area contributed by atoms with Gasteiger partial charge < -0.3 is 25.8 Å². The van der Waals surface area contributed by atoms with Crippen LogP contribution in [0.1, 0.15) is 50.7 Å². The summed E-state index contributed by atoms with van der Waals surface area (Å²) >= 11 is 0. The van der Waals surface area contributed by atoms with Crippen molar-refractivity contribution in [2.24, 2.45) is 5.73 Å². The SMILES string of the molecule is CN(C(=O)/C=C/CC(C)(C)N)C(Cc1ccc2ccccc2c1)C(=O)N(C)C(Cc1ccccc1)C(=O)NCCCN1CCCC1=O. The Morgan fingerprint density at radius 2 is 1.60 bits per heavy atom. The fourth-order valence-electron chi connectivity index (χ4n) is 5.88. The van der Waals surface area contributed by atoms with E-state index in [0.717, 1.165) is 34.9 Å². The summed E-state index contributed by atoms with van der Waals surface area (Å²) in [5.41, 5.74) is 7.45. The number of nitrogens with one attached hydrogen (secondary N) is 1. The molecule has 47 heavy (non-hydrogen) atoms. The van der Waals surface area contributed by atoms with Crippen LogP contribution in [0.5, 0.6) is 0 Å². The maximum absolute atomic E-state index is 14.4. The molecule has 0 aliphatic carbocycles. The first-order valence-electron chi connectivity index (χ1n) is 16.5. The van der Waals surface area contributed by atoms with E-state index in [2.05, 4.69) is 5.32 Å². The molecule has 1 fully saturated rings. The van der Waals surface area contributed by atoms with Gasteiger partial charge in [-0.25, -0.2) is 0 Å². The van der Waals surface area contributed by atoms with E-state index in [9.17, 15) is 19.2 Å². The fourth-order valence-corrected chi connectivity index (χ4v) is 5.88. The van der Waals surface area contributed by atoms with E-state index in [1.807, 2.05) is 91.5 Å². The fraction of sp³-hybridized carbons (Fsp3) is 0.421. The van der Waals surface area contributed by atoms with Crippen molar-refractivity contribution in [1.29, 1.82) is 0 Å². The third kappa shape index (κ3) is 10.2. The molecule has 1 saturated heterocycles. The molecule has 9 nitrogen and oxygen atoms in total. The van der Waals surface area contributed by atoms with Crippen molar-refractivity contribution in [2.75, 3.05) is 33.7 Å². The molecule has 0 radical (unpaired) electrons. The van der Waals surface area contributed by atoms with Gasteiger partial charge in [-0.1, -0.05) is 78.9 Å². The van der Waals surface area contributed by atoms with Gasteiger partial charge in [-0.2, -0.15) is 0 Å². The van der Waals surface area contributed by atoms with E-state index in [0.29, 0.717) is 38.8 Å². The highest BCUT2D eigenvalue weighted by molar-refractivity contribution is 5.95. The van der Waals surface area contributed by atoms with Crippen LogP contribution in [0.3, 0.4) is 0 Å². The van der Waals surface area contributed by atoms with Gasteiger partial charge in [-0.15, -0.1) is 0 Å². The number of amides is 4. The number of benzene rings is 3. The van der Waals surface area contributed by atoms with Gasteiger partial charge in [0.15, 0.2) is 0 Å². The molecule has 4 rings (SSSR count). The summed E-state index contributed by atoms with van der Waals surface area (Å²) in [6, 6.07) is 22.0. The lowest BCUT2D eigenvalue weighted by Crippen LogP contribution is -2.56. The van der Waals surface area contributed by atoms with Crippen LogP contribution < -0.4 is 11.1 Å². The van der Waals surface area contributed by atoms with E-state index >= 15 is 0 Å². The first-order chi connectivity index (χ1) is 22.4. The van der Waals surface area contributed by atoms with Crippen molar-refractivity contribution in [1.82, 2.24) is 20.0 Å². The number of rotatable bonds is 15. The number of fused-ring (bicyclic) bond motifs is 1. The molecule has 3 aromatic rings. The van der Waals surface area contributed by atoms with Crippen molar-refractivity contribution < 1.29 is 19.2 Å². The second kappa shape index (κ2) is 16.4. The van der Waals surface area contributed by atoms with Gasteiger partial charge in [0.1, 0.15) is 12.1 Å². The molecule has 2 unspecified atom stereocenters. The number of likely N-dealkylation sites (N-methyl/N-ethyl adjacent to an activating group) is 2. The molecule has 3 N–H and O–H groups in total. The molecule has 1 heterocycles. The molecular weight excluding hydrogens is 590 g/mol. The molecule has 1 aliphatic heterocycles. The van der Waals surface area contributed by atoms with E-state index < -0.39 is 17.6 Å². The Labute approximate surface area is 278 Å². The first kappa shape index (κ1) is 35.4. The zero-order valence-electron chi connectivity index (χ0n) is 28.2. The Kier molecular flexibility index (Phi) is 12.3. The molecule has 250 valence electrons. The second-order valence-corrected chi connectivity index (χ2v) is 13.2. The Bertz CT molecular complexity index is 1570. The summed E-state index contributed by atoms with van der Waals surface area (Å²) in [5.74, 6) is -0.773. The third-order valence-corrected chi connectivity index (χ3v) is 8.71. The third-order valence-electron chi connectivity index (χ3n) is 8.71. The van der Waals surface area contributed by atoms with Crippen LogP contribution in [0.2, 0.25) is 0 Å². The van der Waals surface area contributed by atoms with Gasteiger partial charge in [0, 0.05) is 58.5 Å². The second-order valence-electron chi connectivity index (χ2n) is 13.2. The number of carbonyl (C=O) groups is 4. The minimum atomic E-state index is -0.864. The standard InChI is InChI=1S/C38H49N5O4/c1-38(2,39)21-10-17-34(44)41(3)33(27-29-19-20-30-15-8-9-16-31(30)25-29)37(47)42(4)32(26-28-13-6-5-7-14-28)36(46)40-22-12-24-43-23-11-18-35(43)45/h5-10,13-17,19-20,25,32-33H,11-12,18,21-24,26-27,39H2,1-4H3,(H,40,46)/b17-10+. The maximum Gasteiger partial charge on any atom is 0.246 e. The van der Waals surface area contributed by atoms with Crippen molar-refractivity contribution in [2.45, 2.75) is 70.0 Å². The minimum Gasteiger partial charge on any atom is -0.354 e. The smallest absolute Gasteiger partial charge is 0.246 e. The van der Waals surface area contributed by atoms with Crippen LogP contribution in [0.25, 0.3) is 10.8 Å². The molecule has 0 aromatic heterocycles. The van der Waals surface area contributed by atoms with Crippen LogP contribution in [0.15, 0.2) is 84.9 Å². The van der Waals surface area contributed by atoms with Gasteiger partial charge in [-0.3, -0.25) is 19.2 Å². The lowest BCUT2D eigenvalue weighted by Gasteiger charge is -2.34. The zero-order valence-corrected chi connectivity index (χ0v) is 28.2. The monoisotopic (exact) mass is 639 g/mol. The van der Waals surface area contributed by atoms with Crippen molar-refractivity contribution in [3.63, 3.8) is 0 Å². The minimum absolute atomic E-state index is 0.154. The predicted molar refractivity (Wildman–Crippen MR) is 186 cm³/mol. The summed E-state index contributed by atoms with van der Waals surface area (Å²) in [5, 5.41) is 5.13. The van der Waals surface area contributed by atoms with Crippen molar-refractivity contribution >= 4 is 34.4 Å². The molecular formula is C38H49N5O4. The topological polar surface area (TPSA) is 116 Å². The van der Waals surface area contributed by atoms with Crippen LogP contribution in [-0.2, 0) is 32.0 Å². The number of nitrogens with two attached hydrogens (primary N) is 1. The molecule has 1 aliphatic rings. The van der Waals surface area contributed by atoms with Gasteiger partial charge in [-0.05, 0) is 61.1 Å². The highest BCUT2D eigenvalue weighted by atomic mass is 16.2. The van der Waals surface area contributed by atoms with E-state index in [1.54, 1.807) is 20.2 Å². The van der Waals surface area contributed by atoms with E-state index in [1.165, 1.54) is 15.9 Å². The van der Waals surface area contributed by atoms with Crippen LogP contribution >= 0.6 is 0 Å². The normalized spacial score (nSPS) is 14.7. The lowest BCUT2D eigenvalue weighted by atomic mass is 9.98. The number of carbonyl (C=O) groups excluding carboxylic acids is 4. The van der Waals surface area contributed by atoms with Crippen molar-refractivity contribution in [3.8, 4) is 0 Å². The predicted octanol–water partition coefficient (Wildman–Crippen LogP) is 4.09. The average Bonchev–Trinajstić information content (AvgIpc) is 3.47. The van der Waals surface area contributed by atoms with Gasteiger partial charge >= 0.3 is 0 Å². The Balaban J connectivity index is 1.57. The number of nitrogens with zero attached hydrogens (tertiary/aromatic N) is 3. The largest absolute Gasteiger partial charge is 0.354 e. The van der Waals surface area contributed by atoms with Crippen LogP contribution in [0, 0.1) is 0 Å². The van der Waals surface area contributed by atoms with Crippen LogP contribution in [-0.4, -0.2) is 89.7 Å². The highest BCUT2D eigenvalue weighted by Crippen LogP contribution is 2.20. The number of hydrogen-bond donors (Lipinski definition) is 2. The van der Waals surface area contributed by atoms with Crippen molar-refractivity contribution in [3.05, 3.63) is 96.1 Å². The molecule has 0 bridgehead atoms. The molecule has 9 heteroatoms. The van der Waals surface area contributed by atoms with Gasteiger partial charge in [0.05, 0.1) is 0 Å². The summed E-state index contributed by atoms with van der Waals surface area (Å²) in [4.78, 5) is 58.3.